The molecule has 0 unspecified atom stereocenters. The Morgan fingerprint density at radius 3 is 2.20 bits per heavy atom. The molecule has 0 bridgehead atoms. The van der Waals surface area contributed by atoms with Crippen molar-refractivity contribution in [3.63, 3.8) is 0 Å². The zero-order valence-corrected chi connectivity index (χ0v) is 10.0. The summed E-state index contributed by atoms with van der Waals surface area (Å²) in [6.45, 7) is 0. The Morgan fingerprint density at radius 2 is 1.65 bits per heavy atom. The van der Waals surface area contributed by atoms with Gasteiger partial charge in [0, 0.05) is 0 Å². The van der Waals surface area contributed by atoms with Crippen LogP contribution in [0.1, 0.15) is 10.4 Å². The molecule has 0 amide bonds. The molecule has 0 atom stereocenters. The van der Waals surface area contributed by atoms with E-state index in [4.69, 9.17) is 5.11 Å². The highest BCUT2D eigenvalue weighted by Gasteiger charge is 2.33. The van der Waals surface area contributed by atoms with Crippen LogP contribution >= 0.6 is 0 Å². The molecule has 0 radical (unpaired) electrons. The van der Waals surface area contributed by atoms with Crippen LogP contribution in [0.25, 0.3) is 11.1 Å². The number of alkyl halides is 3. The van der Waals surface area contributed by atoms with Crippen LogP contribution in [0.3, 0.4) is 0 Å². The van der Waals surface area contributed by atoms with Gasteiger partial charge in [-0.15, -0.1) is 13.2 Å². The predicted molar refractivity (Wildman–Crippen MR) is 65.5 cm³/mol. The van der Waals surface area contributed by atoms with Crippen LogP contribution in [0.4, 0.5) is 13.2 Å². The Bertz CT molecular complexity index is 621. The molecule has 20 heavy (non-hydrogen) atoms. The normalized spacial score (nSPS) is 11.2. The van der Waals surface area contributed by atoms with E-state index >= 15 is 0 Å². The molecule has 0 heterocycles. The fourth-order valence-electron chi connectivity index (χ4n) is 1.72. The molecule has 0 aliphatic rings. The van der Waals surface area contributed by atoms with Crippen LogP contribution in [0.15, 0.2) is 48.5 Å². The minimum absolute atomic E-state index is 0.440. The van der Waals surface area contributed by atoms with Gasteiger partial charge in [-0.05, 0) is 23.3 Å². The number of hydrogen-bond acceptors (Lipinski definition) is 2. The molecule has 2 aromatic carbocycles. The first-order chi connectivity index (χ1) is 9.37. The van der Waals surface area contributed by atoms with E-state index in [9.17, 15) is 18.0 Å². The molecule has 3 nitrogen and oxygen atoms in total. The predicted octanol–water partition coefficient (Wildman–Crippen LogP) is 3.95. The van der Waals surface area contributed by atoms with Crippen LogP contribution in [-0.2, 0) is 0 Å². The number of carboxylic acid groups (broad SMARTS) is 1. The highest BCUT2D eigenvalue weighted by atomic mass is 19.4. The number of carbonyl (C=O) groups is 1. The van der Waals surface area contributed by atoms with Crippen molar-refractivity contribution >= 4 is 5.97 Å². The lowest BCUT2D eigenvalue weighted by Crippen LogP contribution is -2.19. The highest BCUT2D eigenvalue weighted by Crippen LogP contribution is 2.31. The molecule has 104 valence electrons. The molecule has 6 heteroatoms. The Morgan fingerprint density at radius 1 is 1.00 bits per heavy atom. The third-order valence-electron chi connectivity index (χ3n) is 2.54. The first-order valence-electron chi connectivity index (χ1n) is 5.55. The first-order valence-corrected chi connectivity index (χ1v) is 5.55. The van der Waals surface area contributed by atoms with Crippen molar-refractivity contribution in [1.29, 1.82) is 0 Å². The minimum atomic E-state index is -4.94. The summed E-state index contributed by atoms with van der Waals surface area (Å²) in [5.74, 6) is -2.21. The van der Waals surface area contributed by atoms with Gasteiger partial charge in [-0.2, -0.15) is 0 Å². The van der Waals surface area contributed by atoms with Crippen LogP contribution in [0.5, 0.6) is 5.75 Å². The molecule has 2 aromatic rings. The van der Waals surface area contributed by atoms with Gasteiger partial charge in [0.25, 0.3) is 0 Å². The average Bonchev–Trinajstić information content (AvgIpc) is 2.37. The Kier molecular flexibility index (Phi) is 3.65. The molecule has 0 aliphatic heterocycles. The van der Waals surface area contributed by atoms with Crippen molar-refractivity contribution in [1.82, 2.24) is 0 Å². The van der Waals surface area contributed by atoms with Gasteiger partial charge in [0.2, 0.25) is 0 Å². The van der Waals surface area contributed by atoms with Gasteiger partial charge in [-0.25, -0.2) is 4.79 Å². The van der Waals surface area contributed by atoms with Crippen LogP contribution in [-0.4, -0.2) is 17.4 Å². The first kappa shape index (κ1) is 13.9. The fourth-order valence-corrected chi connectivity index (χ4v) is 1.72. The Balaban J connectivity index is 2.48. The topological polar surface area (TPSA) is 46.5 Å². The van der Waals surface area contributed by atoms with Gasteiger partial charge < -0.3 is 9.84 Å². The number of halogens is 3. The van der Waals surface area contributed by atoms with Crippen LogP contribution < -0.4 is 4.74 Å². The zero-order valence-electron chi connectivity index (χ0n) is 10.0. The molecule has 0 saturated heterocycles. The largest absolute Gasteiger partial charge is 0.573 e. The molecular formula is C14H9F3O3. The Labute approximate surface area is 112 Å². The van der Waals surface area contributed by atoms with Crippen molar-refractivity contribution in [2.45, 2.75) is 6.36 Å². The van der Waals surface area contributed by atoms with E-state index in [0.717, 1.165) is 12.1 Å². The van der Waals surface area contributed by atoms with E-state index < -0.39 is 23.6 Å². The van der Waals surface area contributed by atoms with Crippen molar-refractivity contribution in [2.75, 3.05) is 0 Å². The summed E-state index contributed by atoms with van der Waals surface area (Å²) in [5, 5.41) is 8.88. The second-order valence-electron chi connectivity index (χ2n) is 3.93. The number of hydrogen-bond donors (Lipinski definition) is 1. The third kappa shape index (κ3) is 3.28. The molecule has 0 spiro atoms. The average molecular weight is 282 g/mol. The molecule has 0 aromatic heterocycles. The van der Waals surface area contributed by atoms with Gasteiger partial charge >= 0.3 is 12.3 Å². The van der Waals surface area contributed by atoms with Crippen molar-refractivity contribution < 1.29 is 27.8 Å². The second kappa shape index (κ2) is 5.24. The maximum absolute atomic E-state index is 12.3. The lowest BCUT2D eigenvalue weighted by molar-refractivity contribution is -0.274. The zero-order chi connectivity index (χ0) is 14.8. The molecule has 0 aliphatic carbocycles. The van der Waals surface area contributed by atoms with Crippen LogP contribution in [0.2, 0.25) is 0 Å². The highest BCUT2D eigenvalue weighted by molar-refractivity contribution is 5.92. The SMILES string of the molecule is O=C(O)c1ccc(-c2ccccc2)cc1OC(F)(F)F. The summed E-state index contributed by atoms with van der Waals surface area (Å²) in [7, 11) is 0. The Hall–Kier alpha value is -2.50. The number of aromatic carboxylic acids is 1. The fraction of sp³-hybridized carbons (Fsp3) is 0.0714. The third-order valence-corrected chi connectivity index (χ3v) is 2.54. The van der Waals surface area contributed by atoms with Gasteiger partial charge in [0.05, 0.1) is 0 Å². The number of rotatable bonds is 3. The van der Waals surface area contributed by atoms with E-state index in [-0.39, 0.29) is 0 Å². The number of ether oxygens (including phenoxy) is 1. The maximum Gasteiger partial charge on any atom is 0.573 e. The molecule has 0 fully saturated rings. The monoisotopic (exact) mass is 282 g/mol. The standard InChI is InChI=1S/C14H9F3O3/c15-14(16,17)20-12-8-10(6-7-11(12)13(18)19)9-4-2-1-3-5-9/h1-8H,(H,18,19). The van der Waals surface area contributed by atoms with E-state index in [1.54, 1.807) is 30.3 Å². The lowest BCUT2D eigenvalue weighted by Gasteiger charge is -2.12. The summed E-state index contributed by atoms with van der Waals surface area (Å²) >= 11 is 0. The summed E-state index contributed by atoms with van der Waals surface area (Å²) < 4.78 is 40.7. The van der Waals surface area contributed by atoms with Crippen molar-refractivity contribution in [2.24, 2.45) is 0 Å². The maximum atomic E-state index is 12.3. The molecule has 2 rings (SSSR count). The van der Waals surface area contributed by atoms with Crippen molar-refractivity contribution in [3.05, 3.63) is 54.1 Å². The van der Waals surface area contributed by atoms with Crippen molar-refractivity contribution in [3.8, 4) is 16.9 Å². The smallest absolute Gasteiger partial charge is 0.478 e. The molecule has 1 N–H and O–H groups in total. The summed E-state index contributed by atoms with van der Waals surface area (Å²) in [4.78, 5) is 10.9. The van der Waals surface area contributed by atoms with E-state index in [0.29, 0.717) is 11.1 Å². The van der Waals surface area contributed by atoms with E-state index in [1.165, 1.54) is 6.07 Å². The quantitative estimate of drug-likeness (QED) is 0.927. The second-order valence-corrected chi connectivity index (χ2v) is 3.93. The number of benzene rings is 2. The minimum Gasteiger partial charge on any atom is -0.478 e. The number of carboxylic acids is 1. The van der Waals surface area contributed by atoms with Crippen LogP contribution in [0, 0.1) is 0 Å². The molecular weight excluding hydrogens is 273 g/mol. The van der Waals surface area contributed by atoms with Gasteiger partial charge in [0.1, 0.15) is 11.3 Å². The lowest BCUT2D eigenvalue weighted by atomic mass is 10.0. The van der Waals surface area contributed by atoms with Gasteiger partial charge in [-0.3, -0.25) is 0 Å². The van der Waals surface area contributed by atoms with Gasteiger partial charge in [0.15, 0.2) is 0 Å². The summed E-state index contributed by atoms with van der Waals surface area (Å²) in [5.41, 5.74) is 0.563. The summed E-state index contributed by atoms with van der Waals surface area (Å²) in [6, 6.07) is 12.2. The molecule has 0 saturated carbocycles. The summed E-state index contributed by atoms with van der Waals surface area (Å²) in [6.07, 6.45) is -4.94. The van der Waals surface area contributed by atoms with E-state index in [1.807, 2.05) is 0 Å². The van der Waals surface area contributed by atoms with Gasteiger partial charge in [-0.1, -0.05) is 36.4 Å². The van der Waals surface area contributed by atoms with E-state index in [2.05, 4.69) is 4.74 Å².